The van der Waals surface area contributed by atoms with Crippen molar-refractivity contribution < 1.29 is 14.6 Å². The molecule has 32 heavy (non-hydrogen) atoms. The van der Waals surface area contributed by atoms with Crippen LogP contribution in [0.25, 0.3) is 11.1 Å². The third-order valence-electron chi connectivity index (χ3n) is 5.91. The Morgan fingerprint density at radius 1 is 1.03 bits per heavy atom. The predicted octanol–water partition coefficient (Wildman–Crippen LogP) is 4.31. The van der Waals surface area contributed by atoms with E-state index in [1.807, 2.05) is 36.4 Å². The lowest BCUT2D eigenvalue weighted by Crippen LogP contribution is -2.31. The van der Waals surface area contributed by atoms with E-state index >= 15 is 0 Å². The molecule has 0 radical (unpaired) electrons. The molecule has 3 heterocycles. The molecule has 2 aromatic carbocycles. The van der Waals surface area contributed by atoms with Gasteiger partial charge in [0, 0.05) is 29.1 Å². The summed E-state index contributed by atoms with van der Waals surface area (Å²) in [5, 5.41) is 10.9. The molecular formula is C25H26N4O3. The van der Waals surface area contributed by atoms with E-state index in [0.717, 1.165) is 27.8 Å². The molecule has 2 aliphatic rings. The normalized spacial score (nSPS) is 20.1. The van der Waals surface area contributed by atoms with Crippen molar-refractivity contribution in [1.82, 2.24) is 9.97 Å². The number of hydrogen-bond donors (Lipinski definition) is 2. The van der Waals surface area contributed by atoms with Crippen molar-refractivity contribution in [2.45, 2.75) is 38.8 Å². The second-order valence-corrected chi connectivity index (χ2v) is 9.58. The quantitative estimate of drug-likeness (QED) is 0.642. The van der Waals surface area contributed by atoms with E-state index in [0.29, 0.717) is 17.9 Å². The van der Waals surface area contributed by atoms with Gasteiger partial charge < -0.3 is 20.3 Å². The number of aliphatic hydroxyl groups excluding tert-OH is 1. The van der Waals surface area contributed by atoms with E-state index in [1.54, 1.807) is 12.4 Å². The van der Waals surface area contributed by atoms with Crippen LogP contribution in [0.4, 0.5) is 0 Å². The molecule has 1 aromatic heterocycles. The average Bonchev–Trinajstić information content (AvgIpc) is 3.15. The Hall–Kier alpha value is -3.45. The highest BCUT2D eigenvalue weighted by molar-refractivity contribution is 5.77. The van der Waals surface area contributed by atoms with Crippen LogP contribution in [-0.2, 0) is 10.3 Å². The maximum atomic E-state index is 10.9. The molecule has 2 atom stereocenters. The number of fused-ring (bicyclic) bond motifs is 4. The number of nitrogens with zero attached hydrogens (tertiary/aromatic N) is 3. The highest BCUT2D eigenvalue weighted by Gasteiger charge is 2.47. The van der Waals surface area contributed by atoms with E-state index in [-0.39, 0.29) is 18.0 Å². The number of amidine groups is 1. The van der Waals surface area contributed by atoms with Crippen LogP contribution in [0.1, 0.15) is 50.0 Å². The highest BCUT2D eigenvalue weighted by Crippen LogP contribution is 2.52. The van der Waals surface area contributed by atoms with Crippen LogP contribution >= 0.6 is 0 Å². The molecule has 7 nitrogen and oxygen atoms in total. The minimum Gasteiger partial charge on any atom is -0.462 e. The summed E-state index contributed by atoms with van der Waals surface area (Å²) in [7, 11) is 0. The van der Waals surface area contributed by atoms with Crippen LogP contribution in [0, 0.1) is 5.41 Å². The minimum absolute atomic E-state index is 0.0121. The van der Waals surface area contributed by atoms with Crippen LogP contribution < -0.4 is 10.5 Å². The number of aliphatic hydroxyl groups is 1. The van der Waals surface area contributed by atoms with Crippen molar-refractivity contribution in [2.24, 2.45) is 16.1 Å². The number of hydrogen-bond acceptors (Lipinski definition) is 7. The molecule has 0 aliphatic carbocycles. The lowest BCUT2D eigenvalue weighted by molar-refractivity contribution is 0.122. The number of aliphatic imine (C=N–C) groups is 1. The summed E-state index contributed by atoms with van der Waals surface area (Å²) < 4.78 is 11.9. The first-order chi connectivity index (χ1) is 15.2. The average molecular weight is 431 g/mol. The van der Waals surface area contributed by atoms with Crippen molar-refractivity contribution >= 4 is 6.02 Å². The molecule has 3 aromatic rings. The number of nitrogens with two attached hydrogens (primary N) is 1. The van der Waals surface area contributed by atoms with Crippen LogP contribution in [-0.4, -0.2) is 27.7 Å². The summed E-state index contributed by atoms with van der Waals surface area (Å²) in [6.45, 7) is 6.59. The first kappa shape index (κ1) is 20.5. The molecule has 1 spiro atoms. The van der Waals surface area contributed by atoms with Crippen molar-refractivity contribution in [2.75, 3.05) is 6.61 Å². The van der Waals surface area contributed by atoms with Gasteiger partial charge >= 0.3 is 0 Å². The van der Waals surface area contributed by atoms with Crippen LogP contribution in [0.2, 0.25) is 0 Å². The molecule has 0 saturated heterocycles. The fourth-order valence-corrected chi connectivity index (χ4v) is 4.41. The number of aromatic nitrogens is 2. The maximum absolute atomic E-state index is 10.9. The molecule has 0 fully saturated rings. The van der Waals surface area contributed by atoms with E-state index in [4.69, 9.17) is 20.2 Å². The zero-order valence-corrected chi connectivity index (χ0v) is 18.4. The topological polar surface area (TPSA) is 103 Å². The summed E-state index contributed by atoms with van der Waals surface area (Å²) in [4.78, 5) is 13.0. The van der Waals surface area contributed by atoms with Gasteiger partial charge in [-0.15, -0.1) is 0 Å². The van der Waals surface area contributed by atoms with Crippen LogP contribution in [0.15, 0.2) is 60.1 Å². The van der Waals surface area contributed by atoms with Gasteiger partial charge in [0.2, 0.25) is 0 Å². The van der Waals surface area contributed by atoms with Gasteiger partial charge in [0.25, 0.3) is 6.02 Å². The Morgan fingerprint density at radius 3 is 2.38 bits per heavy atom. The smallest absolute Gasteiger partial charge is 0.283 e. The Balaban J connectivity index is 1.65. The fraction of sp³-hybridized carbons (Fsp3) is 0.320. The third kappa shape index (κ3) is 3.48. The zero-order chi connectivity index (χ0) is 22.5. The van der Waals surface area contributed by atoms with Gasteiger partial charge in [0.05, 0.1) is 6.10 Å². The maximum Gasteiger partial charge on any atom is 0.283 e. The predicted molar refractivity (Wildman–Crippen MR) is 121 cm³/mol. The Bertz CT molecular complexity index is 1200. The van der Waals surface area contributed by atoms with Gasteiger partial charge in [-0.2, -0.15) is 0 Å². The molecular weight excluding hydrogens is 404 g/mol. The van der Waals surface area contributed by atoms with Gasteiger partial charge in [-0.3, -0.25) is 0 Å². The van der Waals surface area contributed by atoms with Gasteiger partial charge in [0.15, 0.2) is 5.54 Å². The van der Waals surface area contributed by atoms with Gasteiger partial charge in [-0.05, 0) is 47.2 Å². The molecule has 0 unspecified atom stereocenters. The van der Waals surface area contributed by atoms with Crippen molar-refractivity contribution in [3.63, 3.8) is 0 Å². The molecule has 7 heteroatoms. The summed E-state index contributed by atoms with van der Waals surface area (Å²) in [5.74, 6) is 1.38. The second-order valence-electron chi connectivity index (χ2n) is 9.58. The Labute approximate surface area is 187 Å². The number of benzene rings is 2. The largest absolute Gasteiger partial charge is 0.462 e. The standard InChI is InChI=1S/C25H26N4O3/c1-24(2,3)10-20(30)16-5-7-22-19(9-16)25(13-31-23(26)29-25)18-8-15(4-6-21(18)32-22)17-11-27-14-28-12-17/h4-9,11-12,14,20,30H,10,13H2,1-3H3,(H2,26,29)/t20-,25-/m0/s1. The first-order valence-electron chi connectivity index (χ1n) is 10.6. The van der Waals surface area contributed by atoms with E-state index < -0.39 is 11.6 Å². The summed E-state index contributed by atoms with van der Waals surface area (Å²) in [6, 6.07) is 11.8. The Morgan fingerprint density at radius 2 is 1.72 bits per heavy atom. The molecule has 3 N–H and O–H groups in total. The summed E-state index contributed by atoms with van der Waals surface area (Å²) in [5.41, 5.74) is 9.48. The first-order valence-corrected chi connectivity index (χ1v) is 10.6. The SMILES string of the molecule is CC(C)(C)C[C@H](O)c1ccc2c(c1)[C@]1(COC(N)=N1)c1cc(-c3cncnc3)ccc1O2. The lowest BCUT2D eigenvalue weighted by Gasteiger charge is -2.34. The summed E-state index contributed by atoms with van der Waals surface area (Å²) in [6.07, 6.45) is 5.07. The zero-order valence-electron chi connectivity index (χ0n) is 18.4. The van der Waals surface area contributed by atoms with Gasteiger partial charge in [-0.1, -0.05) is 32.9 Å². The minimum atomic E-state index is -0.851. The van der Waals surface area contributed by atoms with Gasteiger partial charge in [-0.25, -0.2) is 15.0 Å². The molecule has 5 rings (SSSR count). The Kier molecular flexibility index (Phi) is 4.67. The third-order valence-corrected chi connectivity index (χ3v) is 5.91. The number of ether oxygens (including phenoxy) is 2. The van der Waals surface area contributed by atoms with Crippen molar-refractivity contribution in [3.8, 4) is 22.6 Å². The van der Waals surface area contributed by atoms with Crippen molar-refractivity contribution in [3.05, 3.63) is 71.8 Å². The van der Waals surface area contributed by atoms with E-state index in [2.05, 4.69) is 30.7 Å². The number of rotatable bonds is 3. The lowest BCUT2D eigenvalue weighted by atomic mass is 9.79. The second kappa shape index (κ2) is 7.31. The van der Waals surface area contributed by atoms with Crippen LogP contribution in [0.3, 0.4) is 0 Å². The molecule has 0 amide bonds. The molecule has 0 saturated carbocycles. The molecule has 0 bridgehead atoms. The van der Waals surface area contributed by atoms with E-state index in [9.17, 15) is 5.11 Å². The summed E-state index contributed by atoms with van der Waals surface area (Å²) >= 11 is 0. The van der Waals surface area contributed by atoms with Crippen LogP contribution in [0.5, 0.6) is 11.5 Å². The van der Waals surface area contributed by atoms with E-state index in [1.165, 1.54) is 6.33 Å². The highest BCUT2D eigenvalue weighted by atomic mass is 16.5. The monoisotopic (exact) mass is 430 g/mol. The molecule has 164 valence electrons. The molecule has 2 aliphatic heterocycles. The fourth-order valence-electron chi connectivity index (χ4n) is 4.41. The van der Waals surface area contributed by atoms with Crippen molar-refractivity contribution in [1.29, 1.82) is 0 Å². The van der Waals surface area contributed by atoms with Gasteiger partial charge in [0.1, 0.15) is 24.4 Å².